The van der Waals surface area contributed by atoms with Crippen LogP contribution in [0.3, 0.4) is 0 Å². The number of amides is 1. The minimum Gasteiger partial charge on any atom is -0.320 e. The molecule has 0 fully saturated rings. The molecule has 0 bridgehead atoms. The van der Waals surface area contributed by atoms with E-state index in [1.165, 1.54) is 11.1 Å². The van der Waals surface area contributed by atoms with E-state index in [1.54, 1.807) is 10.8 Å². The molecule has 0 aliphatic rings. The molecule has 0 spiro atoms. The smallest absolute Gasteiger partial charge is 0.226 e. The summed E-state index contributed by atoms with van der Waals surface area (Å²) in [6.07, 6.45) is 5.76. The third kappa shape index (κ3) is 3.95. The van der Waals surface area contributed by atoms with Crippen LogP contribution < -0.4 is 5.32 Å². The molecule has 0 atom stereocenters. The maximum Gasteiger partial charge on any atom is 0.226 e. The highest BCUT2D eigenvalue weighted by Crippen LogP contribution is 2.08. The normalized spacial score (nSPS) is 10.4. The molecule has 1 amide bonds. The van der Waals surface area contributed by atoms with Crippen LogP contribution in [0.15, 0.2) is 36.7 Å². The van der Waals surface area contributed by atoms with Crippen molar-refractivity contribution in [2.75, 3.05) is 5.32 Å². The van der Waals surface area contributed by atoms with Crippen molar-refractivity contribution >= 4 is 11.9 Å². The van der Waals surface area contributed by atoms with Gasteiger partial charge in [0.05, 0.1) is 0 Å². The Morgan fingerprint density at radius 3 is 2.68 bits per heavy atom. The van der Waals surface area contributed by atoms with Crippen LogP contribution >= 0.6 is 0 Å². The topological polar surface area (TPSA) is 46.9 Å². The van der Waals surface area contributed by atoms with Crippen LogP contribution in [0.1, 0.15) is 24.0 Å². The number of anilines is 1. The molecule has 1 heterocycles. The third-order valence-electron chi connectivity index (χ3n) is 3.06. The number of benzene rings is 1. The lowest BCUT2D eigenvalue weighted by Gasteiger charge is -2.05. The van der Waals surface area contributed by atoms with E-state index in [9.17, 15) is 4.79 Å². The fraction of sp³-hybridized carbons (Fsp3) is 0.333. The van der Waals surface area contributed by atoms with Gasteiger partial charge in [-0.1, -0.05) is 29.8 Å². The summed E-state index contributed by atoms with van der Waals surface area (Å²) in [6.45, 7) is 2.07. The van der Waals surface area contributed by atoms with Gasteiger partial charge in [0, 0.05) is 25.9 Å². The van der Waals surface area contributed by atoms with E-state index >= 15 is 0 Å². The van der Waals surface area contributed by atoms with Gasteiger partial charge in [0.2, 0.25) is 11.9 Å². The average Bonchev–Trinajstić information content (AvgIpc) is 2.78. The van der Waals surface area contributed by atoms with Crippen molar-refractivity contribution in [2.24, 2.45) is 7.05 Å². The Hall–Kier alpha value is -2.10. The second-order valence-corrected chi connectivity index (χ2v) is 4.75. The number of nitrogens with one attached hydrogen (secondary N) is 1. The Morgan fingerprint density at radius 1 is 1.32 bits per heavy atom. The molecule has 2 aromatic rings. The van der Waals surface area contributed by atoms with E-state index in [0.29, 0.717) is 12.4 Å². The molecule has 4 heteroatoms. The van der Waals surface area contributed by atoms with Crippen molar-refractivity contribution < 1.29 is 4.79 Å². The van der Waals surface area contributed by atoms with Gasteiger partial charge in [-0.05, 0) is 25.3 Å². The molecular formula is C15H19N3O. The van der Waals surface area contributed by atoms with Crippen molar-refractivity contribution in [1.82, 2.24) is 9.55 Å². The summed E-state index contributed by atoms with van der Waals surface area (Å²) in [5, 5.41) is 2.80. The Kier molecular flexibility index (Phi) is 4.34. The second kappa shape index (κ2) is 6.18. The highest BCUT2D eigenvalue weighted by Gasteiger charge is 2.05. The van der Waals surface area contributed by atoms with Crippen LogP contribution in [0.2, 0.25) is 0 Å². The zero-order valence-corrected chi connectivity index (χ0v) is 11.4. The lowest BCUT2D eigenvalue weighted by atomic mass is 10.1. The number of imidazole rings is 1. The summed E-state index contributed by atoms with van der Waals surface area (Å²) < 4.78 is 1.79. The van der Waals surface area contributed by atoms with Gasteiger partial charge in [0.15, 0.2) is 0 Å². The predicted octanol–water partition coefficient (Wildman–Crippen LogP) is 2.69. The zero-order chi connectivity index (χ0) is 13.7. The number of aryl methyl sites for hydroxylation is 3. The van der Waals surface area contributed by atoms with E-state index in [4.69, 9.17) is 0 Å². The molecule has 1 aromatic heterocycles. The number of hydrogen-bond acceptors (Lipinski definition) is 2. The van der Waals surface area contributed by atoms with E-state index in [0.717, 1.165) is 12.8 Å². The Balaban J connectivity index is 1.75. The quantitative estimate of drug-likeness (QED) is 0.895. The Morgan fingerprint density at radius 2 is 2.05 bits per heavy atom. The molecule has 19 heavy (non-hydrogen) atoms. The summed E-state index contributed by atoms with van der Waals surface area (Å²) in [7, 11) is 1.86. The van der Waals surface area contributed by atoms with E-state index in [1.807, 2.05) is 13.2 Å². The molecular weight excluding hydrogens is 238 g/mol. The van der Waals surface area contributed by atoms with Crippen molar-refractivity contribution in [3.8, 4) is 0 Å². The fourth-order valence-corrected chi connectivity index (χ4v) is 1.88. The molecule has 1 N–H and O–H groups in total. The summed E-state index contributed by atoms with van der Waals surface area (Å²) in [5.74, 6) is 0.613. The predicted molar refractivity (Wildman–Crippen MR) is 76.0 cm³/mol. The molecule has 0 saturated heterocycles. The molecule has 100 valence electrons. The van der Waals surface area contributed by atoms with Crippen LogP contribution in [0.5, 0.6) is 0 Å². The largest absolute Gasteiger partial charge is 0.320 e. The highest BCUT2D eigenvalue weighted by molar-refractivity contribution is 5.88. The summed E-state index contributed by atoms with van der Waals surface area (Å²) in [6, 6.07) is 8.44. The SMILES string of the molecule is Cc1ccc(CCCC(=O)Nc2nccn2C)cc1. The van der Waals surface area contributed by atoms with E-state index < -0.39 is 0 Å². The first kappa shape index (κ1) is 13.3. The first-order valence-corrected chi connectivity index (χ1v) is 6.48. The molecule has 2 rings (SSSR count). The Bertz CT molecular complexity index is 543. The molecule has 0 aliphatic carbocycles. The van der Waals surface area contributed by atoms with Gasteiger partial charge in [0.1, 0.15) is 0 Å². The molecule has 0 saturated carbocycles. The van der Waals surface area contributed by atoms with Gasteiger partial charge in [-0.2, -0.15) is 0 Å². The van der Waals surface area contributed by atoms with Crippen molar-refractivity contribution in [1.29, 1.82) is 0 Å². The minimum atomic E-state index is 0.0152. The first-order chi connectivity index (χ1) is 9.15. The van der Waals surface area contributed by atoms with Crippen LogP contribution in [0.4, 0.5) is 5.95 Å². The van der Waals surface area contributed by atoms with Crippen LogP contribution in [-0.2, 0) is 18.3 Å². The van der Waals surface area contributed by atoms with Crippen LogP contribution in [0.25, 0.3) is 0 Å². The molecule has 4 nitrogen and oxygen atoms in total. The van der Waals surface area contributed by atoms with Gasteiger partial charge in [0.25, 0.3) is 0 Å². The number of rotatable bonds is 5. The lowest BCUT2D eigenvalue weighted by Crippen LogP contribution is -2.14. The second-order valence-electron chi connectivity index (χ2n) is 4.75. The zero-order valence-electron chi connectivity index (χ0n) is 11.4. The maximum atomic E-state index is 11.7. The lowest BCUT2D eigenvalue weighted by molar-refractivity contribution is -0.116. The maximum absolute atomic E-state index is 11.7. The summed E-state index contributed by atoms with van der Waals surface area (Å²) in [5.41, 5.74) is 2.53. The van der Waals surface area contributed by atoms with Gasteiger partial charge >= 0.3 is 0 Å². The number of aromatic nitrogens is 2. The number of hydrogen-bond donors (Lipinski definition) is 1. The minimum absolute atomic E-state index is 0.0152. The highest BCUT2D eigenvalue weighted by atomic mass is 16.1. The summed E-state index contributed by atoms with van der Waals surface area (Å²) >= 11 is 0. The monoisotopic (exact) mass is 257 g/mol. The van der Waals surface area contributed by atoms with Gasteiger partial charge in [-0.15, -0.1) is 0 Å². The van der Waals surface area contributed by atoms with E-state index in [2.05, 4.69) is 41.5 Å². The fourth-order valence-electron chi connectivity index (χ4n) is 1.88. The van der Waals surface area contributed by atoms with Crippen LogP contribution in [0, 0.1) is 6.92 Å². The van der Waals surface area contributed by atoms with Crippen LogP contribution in [-0.4, -0.2) is 15.5 Å². The number of nitrogens with zero attached hydrogens (tertiary/aromatic N) is 2. The first-order valence-electron chi connectivity index (χ1n) is 6.48. The molecule has 1 aromatic carbocycles. The summed E-state index contributed by atoms with van der Waals surface area (Å²) in [4.78, 5) is 15.8. The molecule has 0 unspecified atom stereocenters. The van der Waals surface area contributed by atoms with Crippen molar-refractivity contribution in [3.63, 3.8) is 0 Å². The van der Waals surface area contributed by atoms with Crippen molar-refractivity contribution in [3.05, 3.63) is 47.8 Å². The van der Waals surface area contributed by atoms with E-state index in [-0.39, 0.29) is 5.91 Å². The van der Waals surface area contributed by atoms with Gasteiger partial charge < -0.3 is 4.57 Å². The Labute approximate surface area is 113 Å². The molecule has 0 radical (unpaired) electrons. The number of carbonyl (C=O) groups excluding carboxylic acids is 1. The van der Waals surface area contributed by atoms with Gasteiger partial charge in [-0.25, -0.2) is 4.98 Å². The standard InChI is InChI=1S/C15H19N3O/c1-12-6-8-13(9-7-12)4-3-5-14(19)17-15-16-10-11-18(15)2/h6-11H,3-5H2,1-2H3,(H,16,17,19). The average molecular weight is 257 g/mol. The molecule has 0 aliphatic heterocycles. The third-order valence-corrected chi connectivity index (χ3v) is 3.06. The number of carbonyl (C=O) groups is 1. The van der Waals surface area contributed by atoms with Crippen molar-refractivity contribution in [2.45, 2.75) is 26.2 Å². The van der Waals surface area contributed by atoms with Gasteiger partial charge in [-0.3, -0.25) is 10.1 Å².